The zero-order chi connectivity index (χ0) is 25.9. The van der Waals surface area contributed by atoms with E-state index in [9.17, 15) is 0 Å². The van der Waals surface area contributed by atoms with Crippen LogP contribution < -0.4 is 0 Å². The summed E-state index contributed by atoms with van der Waals surface area (Å²) in [7, 11) is 2.15. The molecule has 0 saturated heterocycles. The third-order valence-electron chi connectivity index (χ3n) is 7.01. The van der Waals surface area contributed by atoms with Crippen molar-refractivity contribution in [1.29, 1.82) is 0 Å². The quantitative estimate of drug-likeness (QED) is 0.248. The van der Waals surface area contributed by atoms with Gasteiger partial charge in [-0.3, -0.25) is 9.80 Å². The molecule has 3 heterocycles. The third kappa shape index (κ3) is 5.18. The molecule has 6 aromatic rings. The van der Waals surface area contributed by atoms with Crippen molar-refractivity contribution < 1.29 is 0 Å². The number of para-hydroxylation sites is 6. The molecule has 38 heavy (non-hydrogen) atoms. The van der Waals surface area contributed by atoms with Gasteiger partial charge in [-0.1, -0.05) is 43.3 Å². The predicted molar refractivity (Wildman–Crippen MR) is 153 cm³/mol. The van der Waals surface area contributed by atoms with Gasteiger partial charge in [0, 0.05) is 19.6 Å². The van der Waals surface area contributed by atoms with Crippen molar-refractivity contribution in [3.63, 3.8) is 0 Å². The van der Waals surface area contributed by atoms with E-state index in [2.05, 4.69) is 80.8 Å². The molecular weight excluding hydrogens is 472 g/mol. The van der Waals surface area contributed by atoms with E-state index in [1.54, 1.807) is 0 Å². The lowest BCUT2D eigenvalue weighted by atomic mass is 10.3. The van der Waals surface area contributed by atoms with E-state index < -0.39 is 0 Å². The smallest absolute Gasteiger partial charge is 0.124 e. The Labute approximate surface area is 222 Å². The van der Waals surface area contributed by atoms with Gasteiger partial charge in [0.15, 0.2) is 0 Å². The molecule has 0 saturated carbocycles. The maximum atomic E-state index is 5.04. The minimum atomic E-state index is 0.725. The Morgan fingerprint density at radius 3 is 1.95 bits per heavy atom. The van der Waals surface area contributed by atoms with Gasteiger partial charge < -0.3 is 14.5 Å². The molecule has 6 rings (SSSR count). The lowest BCUT2D eigenvalue weighted by molar-refractivity contribution is 0.198. The van der Waals surface area contributed by atoms with Gasteiger partial charge in [-0.15, -0.1) is 0 Å². The summed E-state index contributed by atoms with van der Waals surface area (Å²) in [5.74, 6) is 3.07. The van der Waals surface area contributed by atoms with Crippen LogP contribution >= 0.6 is 0 Å². The number of likely N-dealkylation sites (N-methyl/N-ethyl adjacent to an activating group) is 1. The molecule has 0 aliphatic rings. The Balaban J connectivity index is 1.22. The summed E-state index contributed by atoms with van der Waals surface area (Å²) in [5, 5.41) is 0. The van der Waals surface area contributed by atoms with Crippen LogP contribution in [-0.2, 0) is 26.2 Å². The van der Waals surface area contributed by atoms with E-state index in [0.29, 0.717) is 0 Å². The minimum absolute atomic E-state index is 0.725. The standard InChI is InChI=1S/C30H34N8/c1-3-16-38-27-15-9-8-14-26(27)35-30(38)21-37(20-29-33-24-12-6-7-13-25(24)34-29)18-17-36(2)19-28-31-22-10-4-5-11-23(22)32-28/h4-15H,3,16-21H2,1-2H3,(H,31,32)(H,33,34). The molecule has 0 bridgehead atoms. The molecule has 0 amide bonds. The second kappa shape index (κ2) is 10.8. The van der Waals surface area contributed by atoms with Crippen molar-refractivity contribution >= 4 is 33.1 Å². The van der Waals surface area contributed by atoms with Crippen LogP contribution in [0.2, 0.25) is 0 Å². The van der Waals surface area contributed by atoms with Gasteiger partial charge >= 0.3 is 0 Å². The number of hydrogen-bond acceptors (Lipinski definition) is 5. The lowest BCUT2D eigenvalue weighted by Gasteiger charge is -2.24. The van der Waals surface area contributed by atoms with Crippen molar-refractivity contribution in [3.05, 3.63) is 90.3 Å². The van der Waals surface area contributed by atoms with Crippen molar-refractivity contribution in [3.8, 4) is 0 Å². The van der Waals surface area contributed by atoms with Crippen LogP contribution in [0.25, 0.3) is 33.1 Å². The van der Waals surface area contributed by atoms with E-state index in [1.165, 1.54) is 5.52 Å². The molecule has 0 aliphatic heterocycles. The van der Waals surface area contributed by atoms with Crippen LogP contribution in [0.1, 0.15) is 30.8 Å². The van der Waals surface area contributed by atoms with Gasteiger partial charge in [-0.2, -0.15) is 0 Å². The minimum Gasteiger partial charge on any atom is -0.341 e. The van der Waals surface area contributed by atoms with E-state index in [0.717, 1.165) is 90.7 Å². The molecule has 0 spiro atoms. The number of aromatic amines is 2. The molecule has 8 heteroatoms. The Kier molecular flexibility index (Phi) is 6.90. The third-order valence-corrected chi connectivity index (χ3v) is 7.01. The number of H-pyrrole nitrogens is 2. The maximum absolute atomic E-state index is 5.04. The summed E-state index contributed by atoms with van der Waals surface area (Å²) in [5.41, 5.74) is 6.43. The molecule has 0 unspecified atom stereocenters. The number of aromatic nitrogens is 6. The van der Waals surface area contributed by atoms with Crippen molar-refractivity contribution in [2.24, 2.45) is 0 Å². The molecule has 0 aliphatic carbocycles. The predicted octanol–water partition coefficient (Wildman–Crippen LogP) is 5.33. The highest BCUT2D eigenvalue weighted by Crippen LogP contribution is 2.20. The second-order valence-corrected chi connectivity index (χ2v) is 10.0. The van der Waals surface area contributed by atoms with E-state index in [-0.39, 0.29) is 0 Å². The van der Waals surface area contributed by atoms with Crippen molar-refractivity contribution in [1.82, 2.24) is 39.3 Å². The molecule has 3 aromatic heterocycles. The number of aryl methyl sites for hydroxylation is 1. The first kappa shape index (κ1) is 24.3. The van der Waals surface area contributed by atoms with Gasteiger partial charge in [0.25, 0.3) is 0 Å². The van der Waals surface area contributed by atoms with Gasteiger partial charge in [0.05, 0.1) is 52.7 Å². The SMILES string of the molecule is CCCn1c(CN(CCN(C)Cc2nc3ccccc3[nH]2)Cc2nc3ccccc3[nH]2)nc2ccccc21. The van der Waals surface area contributed by atoms with Gasteiger partial charge in [0.1, 0.15) is 17.5 Å². The number of nitrogens with zero attached hydrogens (tertiary/aromatic N) is 6. The molecule has 0 fully saturated rings. The van der Waals surface area contributed by atoms with Crippen LogP contribution in [0.3, 0.4) is 0 Å². The first-order chi connectivity index (χ1) is 18.7. The zero-order valence-electron chi connectivity index (χ0n) is 22.1. The van der Waals surface area contributed by atoms with E-state index in [1.807, 2.05) is 30.3 Å². The molecule has 3 aromatic carbocycles. The number of hydrogen-bond donors (Lipinski definition) is 2. The fourth-order valence-corrected chi connectivity index (χ4v) is 5.15. The molecular formula is C30H34N8. The van der Waals surface area contributed by atoms with Crippen LogP contribution in [0.5, 0.6) is 0 Å². The molecule has 0 atom stereocenters. The summed E-state index contributed by atoms with van der Waals surface area (Å²) in [6.07, 6.45) is 1.07. The topological polar surface area (TPSA) is 81.7 Å². The average molecular weight is 507 g/mol. The normalized spacial score (nSPS) is 12.1. The highest BCUT2D eigenvalue weighted by molar-refractivity contribution is 5.76. The van der Waals surface area contributed by atoms with Gasteiger partial charge in [0.2, 0.25) is 0 Å². The molecule has 194 valence electrons. The first-order valence-corrected chi connectivity index (χ1v) is 13.4. The average Bonchev–Trinajstić information content (AvgIpc) is 3.62. The van der Waals surface area contributed by atoms with Gasteiger partial charge in [-0.05, 0) is 49.9 Å². The number of benzene rings is 3. The number of rotatable bonds is 11. The Hall–Kier alpha value is -4.01. The summed E-state index contributed by atoms with van der Waals surface area (Å²) >= 11 is 0. The number of imidazole rings is 3. The summed E-state index contributed by atoms with van der Waals surface area (Å²) in [6.45, 7) is 7.20. The van der Waals surface area contributed by atoms with Crippen LogP contribution in [0, 0.1) is 0 Å². The van der Waals surface area contributed by atoms with Crippen LogP contribution in [0.15, 0.2) is 72.8 Å². The van der Waals surface area contributed by atoms with E-state index >= 15 is 0 Å². The van der Waals surface area contributed by atoms with Crippen LogP contribution in [-0.4, -0.2) is 59.4 Å². The maximum Gasteiger partial charge on any atom is 0.124 e. The van der Waals surface area contributed by atoms with Crippen LogP contribution in [0.4, 0.5) is 0 Å². The second-order valence-electron chi connectivity index (χ2n) is 10.0. The largest absolute Gasteiger partial charge is 0.341 e. The fourth-order valence-electron chi connectivity index (χ4n) is 5.15. The lowest BCUT2D eigenvalue weighted by Crippen LogP contribution is -2.33. The number of fused-ring (bicyclic) bond motifs is 3. The highest BCUT2D eigenvalue weighted by Gasteiger charge is 2.17. The number of nitrogens with one attached hydrogen (secondary N) is 2. The fraction of sp³-hybridized carbons (Fsp3) is 0.300. The zero-order valence-corrected chi connectivity index (χ0v) is 22.1. The molecule has 8 nitrogen and oxygen atoms in total. The summed E-state index contributed by atoms with van der Waals surface area (Å²) < 4.78 is 2.37. The monoisotopic (exact) mass is 506 g/mol. The highest BCUT2D eigenvalue weighted by atomic mass is 15.2. The van der Waals surface area contributed by atoms with Gasteiger partial charge in [-0.25, -0.2) is 15.0 Å². The first-order valence-electron chi connectivity index (χ1n) is 13.4. The van der Waals surface area contributed by atoms with E-state index in [4.69, 9.17) is 15.0 Å². The Morgan fingerprint density at radius 1 is 0.684 bits per heavy atom. The Bertz CT molecular complexity index is 1590. The molecule has 0 radical (unpaired) electrons. The Morgan fingerprint density at radius 2 is 1.29 bits per heavy atom. The van der Waals surface area contributed by atoms with Crippen molar-refractivity contribution in [2.45, 2.75) is 39.5 Å². The molecule has 2 N–H and O–H groups in total. The summed E-state index contributed by atoms with van der Waals surface area (Å²) in [6, 6.07) is 24.8. The van der Waals surface area contributed by atoms with Crippen molar-refractivity contribution in [2.75, 3.05) is 20.1 Å². The summed E-state index contributed by atoms with van der Waals surface area (Å²) in [4.78, 5) is 26.4.